The van der Waals surface area contributed by atoms with Crippen LogP contribution in [-0.4, -0.2) is 18.6 Å². The SMILES string of the molecule is NC(=O)NC1CNc2ccccc2C1. The van der Waals surface area contributed by atoms with Crippen molar-refractivity contribution in [2.75, 3.05) is 11.9 Å². The number of fused-ring (bicyclic) bond motifs is 1. The second-order valence-corrected chi connectivity index (χ2v) is 3.45. The van der Waals surface area contributed by atoms with Crippen molar-refractivity contribution in [2.24, 2.45) is 5.73 Å². The molecule has 4 nitrogen and oxygen atoms in total. The zero-order valence-corrected chi connectivity index (χ0v) is 7.79. The monoisotopic (exact) mass is 191 g/mol. The Balaban J connectivity index is 2.09. The number of urea groups is 1. The van der Waals surface area contributed by atoms with Crippen molar-refractivity contribution in [3.63, 3.8) is 0 Å². The fourth-order valence-electron chi connectivity index (χ4n) is 1.74. The van der Waals surface area contributed by atoms with E-state index in [-0.39, 0.29) is 6.04 Å². The van der Waals surface area contributed by atoms with Crippen LogP contribution in [0.3, 0.4) is 0 Å². The van der Waals surface area contributed by atoms with Gasteiger partial charge in [0.25, 0.3) is 0 Å². The molecule has 0 aromatic heterocycles. The lowest BCUT2D eigenvalue weighted by atomic mass is 10.00. The van der Waals surface area contributed by atoms with E-state index in [2.05, 4.69) is 16.7 Å². The summed E-state index contributed by atoms with van der Waals surface area (Å²) in [6.07, 6.45) is 0.839. The van der Waals surface area contributed by atoms with Crippen molar-refractivity contribution < 1.29 is 4.79 Å². The van der Waals surface area contributed by atoms with Crippen LogP contribution in [0, 0.1) is 0 Å². The number of nitrogens with two attached hydrogens (primary N) is 1. The van der Waals surface area contributed by atoms with Crippen LogP contribution in [0.5, 0.6) is 0 Å². The van der Waals surface area contributed by atoms with Gasteiger partial charge in [0.1, 0.15) is 0 Å². The number of primary amides is 1. The first-order valence-electron chi connectivity index (χ1n) is 4.63. The summed E-state index contributed by atoms with van der Waals surface area (Å²) in [5.74, 6) is 0. The highest BCUT2D eigenvalue weighted by atomic mass is 16.2. The van der Waals surface area contributed by atoms with Gasteiger partial charge in [-0.2, -0.15) is 0 Å². The number of carbonyl (C=O) groups is 1. The van der Waals surface area contributed by atoms with Gasteiger partial charge in [0.05, 0.1) is 6.04 Å². The summed E-state index contributed by atoms with van der Waals surface area (Å²) in [5, 5.41) is 5.95. The number of nitrogens with one attached hydrogen (secondary N) is 2. The maximum atomic E-state index is 10.7. The maximum absolute atomic E-state index is 10.7. The summed E-state index contributed by atoms with van der Waals surface area (Å²) in [4.78, 5) is 10.7. The number of hydrogen-bond donors (Lipinski definition) is 3. The van der Waals surface area contributed by atoms with E-state index in [0.717, 1.165) is 18.7 Å². The molecule has 1 aromatic rings. The van der Waals surface area contributed by atoms with Gasteiger partial charge in [-0.1, -0.05) is 18.2 Å². The minimum absolute atomic E-state index is 0.0994. The standard InChI is InChI=1S/C10H13N3O/c11-10(14)13-8-5-7-3-1-2-4-9(7)12-6-8/h1-4,8,12H,5-6H2,(H3,11,13,14). The van der Waals surface area contributed by atoms with Crippen molar-refractivity contribution in [1.29, 1.82) is 0 Å². The largest absolute Gasteiger partial charge is 0.383 e. The zero-order valence-electron chi connectivity index (χ0n) is 7.79. The van der Waals surface area contributed by atoms with E-state index in [4.69, 9.17) is 5.73 Å². The third kappa shape index (κ3) is 1.79. The van der Waals surface area contributed by atoms with Crippen LogP contribution in [0.2, 0.25) is 0 Å². The highest BCUT2D eigenvalue weighted by Crippen LogP contribution is 2.20. The Kier molecular flexibility index (Phi) is 2.26. The number of para-hydroxylation sites is 1. The lowest BCUT2D eigenvalue weighted by molar-refractivity contribution is 0.245. The first-order valence-corrected chi connectivity index (χ1v) is 4.63. The Hall–Kier alpha value is -1.71. The molecule has 2 amide bonds. The van der Waals surface area contributed by atoms with Crippen LogP contribution in [0.4, 0.5) is 10.5 Å². The number of anilines is 1. The molecule has 2 rings (SSSR count). The molecular weight excluding hydrogens is 178 g/mol. The second-order valence-electron chi connectivity index (χ2n) is 3.45. The Bertz CT molecular complexity index is 351. The topological polar surface area (TPSA) is 67.2 Å². The molecule has 14 heavy (non-hydrogen) atoms. The predicted molar refractivity (Wildman–Crippen MR) is 55.1 cm³/mol. The average Bonchev–Trinajstić information content (AvgIpc) is 2.17. The molecule has 74 valence electrons. The van der Waals surface area contributed by atoms with Crippen LogP contribution < -0.4 is 16.4 Å². The molecule has 1 unspecified atom stereocenters. The molecule has 1 aliphatic heterocycles. The molecule has 0 saturated carbocycles. The molecule has 0 saturated heterocycles. The van der Waals surface area contributed by atoms with Crippen molar-refractivity contribution in [3.05, 3.63) is 29.8 Å². The van der Waals surface area contributed by atoms with Crippen LogP contribution in [0.1, 0.15) is 5.56 Å². The lowest BCUT2D eigenvalue weighted by Crippen LogP contribution is -2.45. The predicted octanol–water partition coefficient (Wildman–Crippen LogP) is 0.691. The van der Waals surface area contributed by atoms with Gasteiger partial charge in [0, 0.05) is 12.2 Å². The van der Waals surface area contributed by atoms with Crippen LogP contribution in [0.25, 0.3) is 0 Å². The fourth-order valence-corrected chi connectivity index (χ4v) is 1.74. The number of amides is 2. The van der Waals surface area contributed by atoms with Crippen molar-refractivity contribution >= 4 is 11.7 Å². The van der Waals surface area contributed by atoms with Gasteiger partial charge in [-0.3, -0.25) is 0 Å². The minimum atomic E-state index is -0.462. The molecule has 1 atom stereocenters. The molecule has 0 fully saturated rings. The van der Waals surface area contributed by atoms with Gasteiger partial charge in [0.15, 0.2) is 0 Å². The normalized spacial score (nSPS) is 19.3. The Morgan fingerprint density at radius 2 is 2.29 bits per heavy atom. The van der Waals surface area contributed by atoms with Crippen molar-refractivity contribution in [2.45, 2.75) is 12.5 Å². The summed E-state index contributed by atoms with van der Waals surface area (Å²) in [5.41, 5.74) is 7.43. The van der Waals surface area contributed by atoms with Crippen LogP contribution >= 0.6 is 0 Å². The summed E-state index contributed by atoms with van der Waals surface area (Å²) in [7, 11) is 0. The second kappa shape index (κ2) is 3.57. The van der Waals surface area contributed by atoms with E-state index < -0.39 is 6.03 Å². The first-order chi connectivity index (χ1) is 6.75. The smallest absolute Gasteiger partial charge is 0.312 e. The van der Waals surface area contributed by atoms with E-state index in [0.29, 0.717) is 0 Å². The molecule has 0 spiro atoms. The highest BCUT2D eigenvalue weighted by molar-refractivity contribution is 5.72. The van der Waals surface area contributed by atoms with E-state index in [9.17, 15) is 4.79 Å². The molecule has 4 heteroatoms. The molecule has 1 aromatic carbocycles. The van der Waals surface area contributed by atoms with E-state index in [1.165, 1.54) is 5.56 Å². The van der Waals surface area contributed by atoms with Gasteiger partial charge in [-0.25, -0.2) is 4.79 Å². The van der Waals surface area contributed by atoms with Gasteiger partial charge in [0.2, 0.25) is 0 Å². The molecule has 1 aliphatic rings. The van der Waals surface area contributed by atoms with E-state index in [1.54, 1.807) is 0 Å². The van der Waals surface area contributed by atoms with Gasteiger partial charge < -0.3 is 16.4 Å². The zero-order chi connectivity index (χ0) is 9.97. The third-order valence-electron chi connectivity index (χ3n) is 2.37. The summed E-state index contributed by atoms with van der Waals surface area (Å²) in [6, 6.07) is 7.71. The molecule has 4 N–H and O–H groups in total. The number of carbonyl (C=O) groups excluding carboxylic acids is 1. The number of rotatable bonds is 1. The summed E-state index contributed by atoms with van der Waals surface area (Å²) in [6.45, 7) is 0.736. The molecule has 0 bridgehead atoms. The van der Waals surface area contributed by atoms with E-state index >= 15 is 0 Å². The number of benzene rings is 1. The molecule has 0 radical (unpaired) electrons. The molecule has 0 aliphatic carbocycles. The quantitative estimate of drug-likeness (QED) is 0.611. The van der Waals surface area contributed by atoms with Crippen LogP contribution in [0.15, 0.2) is 24.3 Å². The van der Waals surface area contributed by atoms with Crippen molar-refractivity contribution in [1.82, 2.24) is 5.32 Å². The molecule has 1 heterocycles. The maximum Gasteiger partial charge on any atom is 0.312 e. The average molecular weight is 191 g/mol. The van der Waals surface area contributed by atoms with Crippen LogP contribution in [-0.2, 0) is 6.42 Å². The lowest BCUT2D eigenvalue weighted by Gasteiger charge is -2.26. The Morgan fingerprint density at radius 3 is 3.07 bits per heavy atom. The Morgan fingerprint density at radius 1 is 1.50 bits per heavy atom. The van der Waals surface area contributed by atoms with Crippen molar-refractivity contribution in [3.8, 4) is 0 Å². The minimum Gasteiger partial charge on any atom is -0.383 e. The van der Waals surface area contributed by atoms with Gasteiger partial charge >= 0.3 is 6.03 Å². The van der Waals surface area contributed by atoms with Gasteiger partial charge in [-0.15, -0.1) is 0 Å². The van der Waals surface area contributed by atoms with Gasteiger partial charge in [-0.05, 0) is 18.1 Å². The Labute approximate surface area is 82.5 Å². The summed E-state index contributed by atoms with van der Waals surface area (Å²) < 4.78 is 0. The number of hydrogen-bond acceptors (Lipinski definition) is 2. The molecular formula is C10H13N3O. The fraction of sp³-hybridized carbons (Fsp3) is 0.300. The summed E-state index contributed by atoms with van der Waals surface area (Å²) >= 11 is 0. The highest BCUT2D eigenvalue weighted by Gasteiger charge is 2.17. The third-order valence-corrected chi connectivity index (χ3v) is 2.37. The van der Waals surface area contributed by atoms with E-state index in [1.807, 2.05) is 18.2 Å². The first kappa shape index (κ1) is 8.87.